The van der Waals surface area contributed by atoms with E-state index in [2.05, 4.69) is 27.5 Å². The van der Waals surface area contributed by atoms with E-state index in [1.807, 2.05) is 37.3 Å². The maximum absolute atomic E-state index is 14.4. The molecule has 0 spiro atoms. The fourth-order valence-corrected chi connectivity index (χ4v) is 9.44. The second-order valence-corrected chi connectivity index (χ2v) is 17.8. The van der Waals surface area contributed by atoms with E-state index in [0.29, 0.717) is 45.2 Å². The molecule has 0 radical (unpaired) electrons. The highest BCUT2D eigenvalue weighted by molar-refractivity contribution is 7.91. The molecule has 4 heterocycles. The summed E-state index contributed by atoms with van der Waals surface area (Å²) in [6.07, 6.45) is 12.6. The maximum Gasteiger partial charge on any atom is 0.410 e. The molecule has 3 N–H and O–H groups in total. The number of fused-ring (bicyclic) bond motifs is 4. The summed E-state index contributed by atoms with van der Waals surface area (Å²) in [5.41, 5.74) is 1.57. The molecule has 3 fully saturated rings. The predicted molar refractivity (Wildman–Crippen MR) is 198 cm³/mol. The molecule has 1 saturated heterocycles. The van der Waals surface area contributed by atoms with Gasteiger partial charge in [-0.25, -0.2) is 18.0 Å². The topological polar surface area (TPSA) is 181 Å². The van der Waals surface area contributed by atoms with Gasteiger partial charge >= 0.3 is 12.2 Å². The van der Waals surface area contributed by atoms with Crippen LogP contribution in [-0.2, 0) is 47.0 Å². The molecule has 1 aromatic rings. The van der Waals surface area contributed by atoms with Gasteiger partial charge in [-0.2, -0.15) is 0 Å². The number of hydrogen-bond acceptors (Lipinski definition) is 9. The Kier molecular flexibility index (Phi) is 11.1. The lowest BCUT2D eigenvalue weighted by atomic mass is 10.0. The molecule has 15 heteroatoms. The quantitative estimate of drug-likeness (QED) is 0.383. The van der Waals surface area contributed by atoms with Crippen molar-refractivity contribution in [2.45, 2.75) is 126 Å². The molecular weight excluding hydrogens is 715 g/mol. The molecule has 6 aliphatic rings. The minimum absolute atomic E-state index is 0.0502. The van der Waals surface area contributed by atoms with Crippen molar-refractivity contribution in [1.29, 1.82) is 0 Å². The Morgan fingerprint density at radius 2 is 1.80 bits per heavy atom. The van der Waals surface area contributed by atoms with Gasteiger partial charge in [0.15, 0.2) is 0 Å². The summed E-state index contributed by atoms with van der Waals surface area (Å²) >= 11 is 0. The number of sulfonamides is 1. The number of carbonyl (C=O) groups is 5. The third kappa shape index (κ3) is 8.45. The van der Waals surface area contributed by atoms with E-state index < -0.39 is 74.8 Å². The highest BCUT2D eigenvalue weighted by Gasteiger charge is 2.62. The van der Waals surface area contributed by atoms with Crippen LogP contribution in [0.3, 0.4) is 0 Å². The van der Waals surface area contributed by atoms with Crippen molar-refractivity contribution in [3.8, 4) is 0 Å². The second-order valence-electron chi connectivity index (χ2n) is 15.8. The van der Waals surface area contributed by atoms with E-state index in [4.69, 9.17) is 9.47 Å². The first-order valence-corrected chi connectivity index (χ1v) is 21.0. The molecule has 0 unspecified atom stereocenters. The normalized spacial score (nSPS) is 31.2. The number of allylic oxidation sites excluding steroid dienone is 2. The van der Waals surface area contributed by atoms with Crippen LogP contribution in [-0.4, -0.2) is 90.3 Å². The zero-order valence-corrected chi connectivity index (χ0v) is 31.6. The molecule has 7 rings (SSSR count). The fourth-order valence-electron chi connectivity index (χ4n) is 8.08. The highest BCUT2D eigenvalue weighted by Crippen LogP contribution is 2.46. The van der Waals surface area contributed by atoms with Gasteiger partial charge in [0.25, 0.3) is 5.91 Å². The number of ether oxygens (including phenoxy) is 2. The zero-order valence-electron chi connectivity index (χ0n) is 30.8. The molecule has 5 bridgehead atoms. The summed E-state index contributed by atoms with van der Waals surface area (Å²) in [4.78, 5) is 72.1. The maximum atomic E-state index is 14.4. The largest absolute Gasteiger partial charge is 0.449 e. The SMILES string of the molecule is C[C@@H]1CCCC=Cc2cccc3c2CN(C3)C(=O)O[C@@H]2C[C@H]3C(=O)N[C@]4(C(=O)NS(=O)(=O)C5CC5)C[C@H]4C=CCCCCC[C@H](NC(=O)OC1)C(=O)N3C2. The van der Waals surface area contributed by atoms with Gasteiger partial charge < -0.3 is 25.0 Å². The molecule has 5 amide bonds. The van der Waals surface area contributed by atoms with E-state index in [9.17, 15) is 32.4 Å². The van der Waals surface area contributed by atoms with Crippen molar-refractivity contribution < 1.29 is 41.9 Å². The van der Waals surface area contributed by atoms with Crippen LogP contribution < -0.4 is 15.4 Å². The first-order chi connectivity index (χ1) is 25.9. The van der Waals surface area contributed by atoms with Crippen molar-refractivity contribution in [3.63, 3.8) is 0 Å². The third-order valence-electron chi connectivity index (χ3n) is 11.5. The van der Waals surface area contributed by atoms with Crippen molar-refractivity contribution in [2.24, 2.45) is 11.8 Å². The first-order valence-electron chi connectivity index (χ1n) is 19.4. The van der Waals surface area contributed by atoms with Gasteiger partial charge in [0.1, 0.15) is 23.7 Å². The van der Waals surface area contributed by atoms with Crippen LogP contribution in [0.2, 0.25) is 0 Å². The van der Waals surface area contributed by atoms with E-state index in [1.54, 1.807) is 4.90 Å². The summed E-state index contributed by atoms with van der Waals surface area (Å²) in [7, 11) is -3.90. The molecule has 292 valence electrons. The van der Waals surface area contributed by atoms with E-state index >= 15 is 0 Å². The van der Waals surface area contributed by atoms with Crippen LogP contribution in [0.1, 0.15) is 101 Å². The molecule has 14 nitrogen and oxygen atoms in total. The Labute approximate surface area is 316 Å². The number of nitrogens with zero attached hydrogens (tertiary/aromatic N) is 2. The average Bonchev–Trinajstić information content (AvgIpc) is 4.02. The Morgan fingerprint density at radius 3 is 2.61 bits per heavy atom. The monoisotopic (exact) mass is 765 g/mol. The Morgan fingerprint density at radius 1 is 0.981 bits per heavy atom. The lowest BCUT2D eigenvalue weighted by Crippen LogP contribution is -2.58. The summed E-state index contributed by atoms with van der Waals surface area (Å²) in [5, 5.41) is 4.96. The van der Waals surface area contributed by atoms with Gasteiger partial charge in [-0.3, -0.25) is 24.0 Å². The van der Waals surface area contributed by atoms with Gasteiger partial charge in [0, 0.05) is 18.9 Å². The molecule has 6 atom stereocenters. The highest BCUT2D eigenvalue weighted by atomic mass is 32.2. The number of carbonyl (C=O) groups excluding carboxylic acids is 5. The number of alkyl carbamates (subject to hydrolysis) is 1. The molecule has 1 aromatic carbocycles. The summed E-state index contributed by atoms with van der Waals surface area (Å²) in [6, 6.07) is 3.80. The Balaban J connectivity index is 1.17. The van der Waals surface area contributed by atoms with Crippen LogP contribution >= 0.6 is 0 Å². The Hall–Kier alpha value is -4.40. The summed E-state index contributed by atoms with van der Waals surface area (Å²) in [5.74, 6) is -2.34. The average molecular weight is 766 g/mol. The van der Waals surface area contributed by atoms with Crippen LogP contribution in [0.15, 0.2) is 36.4 Å². The standard InChI is InChI=1S/C39H51N5O9S/c1-25-11-6-5-7-12-26-13-10-14-27-21-43(23-31(26)27)38(49)53-29-19-33-34(45)41-39(36(47)42-54(50,51)30-17-18-30)20-28(39)15-8-3-2-4-9-16-32(35(46)44(33)22-29)40-37(48)52-24-25/h7-8,10,12-15,25,28-30,32-33H,2-6,9,11,16-24H2,1H3,(H,40,48)(H,41,45)(H,42,47)/t25-,28-,29-,32+,33+,39-/m1/s1. The molecule has 0 aromatic heterocycles. The van der Waals surface area contributed by atoms with Gasteiger partial charge in [-0.15, -0.1) is 0 Å². The van der Waals surface area contributed by atoms with Crippen LogP contribution in [0.4, 0.5) is 9.59 Å². The van der Waals surface area contributed by atoms with E-state index in [1.165, 1.54) is 4.90 Å². The van der Waals surface area contributed by atoms with Gasteiger partial charge in [0.2, 0.25) is 21.8 Å². The zero-order chi connectivity index (χ0) is 38.0. The lowest BCUT2D eigenvalue weighted by Gasteiger charge is -2.29. The molecule has 4 aliphatic heterocycles. The molecule has 2 aliphatic carbocycles. The second kappa shape index (κ2) is 15.8. The minimum Gasteiger partial charge on any atom is -0.449 e. The summed E-state index contributed by atoms with van der Waals surface area (Å²) in [6.45, 7) is 2.79. The van der Waals surface area contributed by atoms with Crippen molar-refractivity contribution in [1.82, 2.24) is 25.2 Å². The van der Waals surface area contributed by atoms with Crippen molar-refractivity contribution >= 4 is 46.0 Å². The van der Waals surface area contributed by atoms with Gasteiger partial charge in [0.05, 0.1) is 24.9 Å². The fraction of sp³-hybridized carbons (Fsp3) is 0.615. The molecular formula is C39H51N5O9S. The smallest absolute Gasteiger partial charge is 0.410 e. The summed E-state index contributed by atoms with van der Waals surface area (Å²) < 4.78 is 39.4. The number of rotatable bonds is 3. The van der Waals surface area contributed by atoms with Crippen LogP contribution in [0, 0.1) is 11.8 Å². The predicted octanol–water partition coefficient (Wildman–Crippen LogP) is 4.04. The van der Waals surface area contributed by atoms with Gasteiger partial charge in [-0.05, 0) is 80.4 Å². The number of hydrogen-bond donors (Lipinski definition) is 3. The molecule has 2 saturated carbocycles. The van der Waals surface area contributed by atoms with E-state index in [0.717, 1.165) is 48.8 Å². The van der Waals surface area contributed by atoms with Crippen molar-refractivity contribution in [3.05, 3.63) is 53.1 Å². The van der Waals surface area contributed by atoms with Crippen molar-refractivity contribution in [2.75, 3.05) is 13.2 Å². The van der Waals surface area contributed by atoms with Crippen LogP contribution in [0.5, 0.6) is 0 Å². The number of amides is 5. The number of nitrogens with one attached hydrogen (secondary N) is 3. The Bertz CT molecular complexity index is 1830. The van der Waals surface area contributed by atoms with E-state index in [-0.39, 0.29) is 31.9 Å². The number of benzene rings is 1. The first kappa shape index (κ1) is 37.9. The lowest BCUT2D eigenvalue weighted by molar-refractivity contribution is -0.141. The molecule has 54 heavy (non-hydrogen) atoms. The minimum atomic E-state index is -3.90. The number of cyclic esters (lactones) is 1. The van der Waals surface area contributed by atoms with Gasteiger partial charge in [-0.1, -0.05) is 62.3 Å². The third-order valence-corrected chi connectivity index (χ3v) is 13.4. The van der Waals surface area contributed by atoms with Crippen LogP contribution in [0.25, 0.3) is 6.08 Å².